The summed E-state index contributed by atoms with van der Waals surface area (Å²) in [5, 5.41) is 4.03. The fraction of sp³-hybridized carbons (Fsp3) is 0.636. The Labute approximate surface area is 94.3 Å². The van der Waals surface area contributed by atoms with Gasteiger partial charge in [-0.2, -0.15) is 0 Å². The summed E-state index contributed by atoms with van der Waals surface area (Å²) in [7, 11) is 0. The molecular formula is C11H14ClN3. The molecule has 1 aromatic heterocycles. The third-order valence-electron chi connectivity index (χ3n) is 3.61. The van der Waals surface area contributed by atoms with Crippen molar-refractivity contribution in [3.05, 3.63) is 17.0 Å². The van der Waals surface area contributed by atoms with E-state index in [1.165, 1.54) is 25.6 Å². The standard InChI is InChI=1S/C11H14ClN3/c1-6-10(12)13-5-14-11(6)15-9-3-7-2-8(7)4-9/h5,7-9H,2-4H2,1H3,(H,13,14,15). The van der Waals surface area contributed by atoms with Gasteiger partial charge in [0, 0.05) is 11.6 Å². The second kappa shape index (κ2) is 3.34. The van der Waals surface area contributed by atoms with Gasteiger partial charge in [-0.1, -0.05) is 11.6 Å². The van der Waals surface area contributed by atoms with Gasteiger partial charge in [0.15, 0.2) is 0 Å². The largest absolute Gasteiger partial charge is 0.367 e. The molecular weight excluding hydrogens is 210 g/mol. The van der Waals surface area contributed by atoms with Crippen LogP contribution in [0.5, 0.6) is 0 Å². The molecule has 0 saturated heterocycles. The number of anilines is 1. The monoisotopic (exact) mass is 223 g/mol. The molecule has 15 heavy (non-hydrogen) atoms. The van der Waals surface area contributed by atoms with Gasteiger partial charge in [0.05, 0.1) is 0 Å². The van der Waals surface area contributed by atoms with Crippen molar-refractivity contribution in [1.82, 2.24) is 9.97 Å². The number of nitrogens with one attached hydrogen (secondary N) is 1. The lowest BCUT2D eigenvalue weighted by atomic mass is 10.1. The summed E-state index contributed by atoms with van der Waals surface area (Å²) in [6, 6.07) is 0.596. The summed E-state index contributed by atoms with van der Waals surface area (Å²) >= 11 is 5.95. The Morgan fingerprint density at radius 3 is 2.73 bits per heavy atom. The van der Waals surface area contributed by atoms with E-state index in [1.54, 1.807) is 0 Å². The highest BCUT2D eigenvalue weighted by Crippen LogP contribution is 2.52. The maximum Gasteiger partial charge on any atom is 0.137 e. The number of aromatic nitrogens is 2. The van der Waals surface area contributed by atoms with E-state index < -0.39 is 0 Å². The second-order valence-electron chi connectivity index (χ2n) is 4.71. The van der Waals surface area contributed by atoms with E-state index >= 15 is 0 Å². The van der Waals surface area contributed by atoms with E-state index in [4.69, 9.17) is 11.6 Å². The molecule has 0 aromatic carbocycles. The van der Waals surface area contributed by atoms with Gasteiger partial charge < -0.3 is 5.32 Å². The number of halogens is 1. The van der Waals surface area contributed by atoms with Gasteiger partial charge in [0.2, 0.25) is 0 Å². The normalized spacial score (nSPS) is 32.5. The molecule has 2 fully saturated rings. The van der Waals surface area contributed by atoms with Crippen LogP contribution in [0, 0.1) is 18.8 Å². The Bertz CT molecular complexity index is 383. The molecule has 2 atom stereocenters. The van der Waals surface area contributed by atoms with Gasteiger partial charge >= 0.3 is 0 Å². The fourth-order valence-corrected chi connectivity index (χ4v) is 2.73. The first-order valence-corrected chi connectivity index (χ1v) is 5.85. The van der Waals surface area contributed by atoms with Crippen molar-refractivity contribution in [2.75, 3.05) is 5.32 Å². The summed E-state index contributed by atoms with van der Waals surface area (Å²) in [4.78, 5) is 8.19. The Morgan fingerprint density at radius 2 is 2.00 bits per heavy atom. The van der Waals surface area contributed by atoms with Crippen LogP contribution in [0.25, 0.3) is 0 Å². The first-order valence-electron chi connectivity index (χ1n) is 5.47. The smallest absolute Gasteiger partial charge is 0.137 e. The van der Waals surface area contributed by atoms with Gasteiger partial charge in [0.25, 0.3) is 0 Å². The van der Waals surface area contributed by atoms with Gasteiger partial charge in [0.1, 0.15) is 17.3 Å². The van der Waals surface area contributed by atoms with Crippen molar-refractivity contribution in [2.45, 2.75) is 32.2 Å². The van der Waals surface area contributed by atoms with Crippen LogP contribution < -0.4 is 5.32 Å². The summed E-state index contributed by atoms with van der Waals surface area (Å²) in [6.45, 7) is 1.96. The van der Waals surface area contributed by atoms with Crippen LogP contribution in [0.15, 0.2) is 6.33 Å². The van der Waals surface area contributed by atoms with E-state index in [0.29, 0.717) is 11.2 Å². The molecule has 3 nitrogen and oxygen atoms in total. The Morgan fingerprint density at radius 1 is 1.27 bits per heavy atom. The molecule has 2 unspecified atom stereocenters. The predicted octanol–water partition coefficient (Wildman–Crippen LogP) is 2.65. The highest BCUT2D eigenvalue weighted by molar-refractivity contribution is 6.30. The van der Waals surface area contributed by atoms with E-state index in [-0.39, 0.29) is 0 Å². The molecule has 80 valence electrons. The molecule has 0 bridgehead atoms. The minimum atomic E-state index is 0.552. The molecule has 3 rings (SSSR count). The van der Waals surface area contributed by atoms with Crippen LogP contribution in [-0.2, 0) is 0 Å². The molecule has 1 N–H and O–H groups in total. The van der Waals surface area contributed by atoms with Gasteiger partial charge in [-0.25, -0.2) is 9.97 Å². The van der Waals surface area contributed by atoms with E-state index in [1.807, 2.05) is 6.92 Å². The van der Waals surface area contributed by atoms with Gasteiger partial charge in [-0.3, -0.25) is 0 Å². The first-order chi connectivity index (χ1) is 7.24. The number of hydrogen-bond acceptors (Lipinski definition) is 3. The van der Waals surface area contributed by atoms with Crippen LogP contribution >= 0.6 is 11.6 Å². The third kappa shape index (κ3) is 1.69. The lowest BCUT2D eigenvalue weighted by Gasteiger charge is -2.16. The number of nitrogens with zero attached hydrogens (tertiary/aromatic N) is 2. The van der Waals surface area contributed by atoms with Crippen LogP contribution in [0.4, 0.5) is 5.82 Å². The van der Waals surface area contributed by atoms with Crippen LogP contribution in [0.1, 0.15) is 24.8 Å². The predicted molar refractivity (Wildman–Crippen MR) is 60.0 cm³/mol. The minimum Gasteiger partial charge on any atom is -0.367 e. The number of hydrogen-bond donors (Lipinski definition) is 1. The van der Waals surface area contributed by atoms with E-state index in [9.17, 15) is 0 Å². The summed E-state index contributed by atoms with van der Waals surface area (Å²) < 4.78 is 0. The van der Waals surface area contributed by atoms with Crippen LogP contribution in [-0.4, -0.2) is 16.0 Å². The molecule has 1 heterocycles. The zero-order valence-corrected chi connectivity index (χ0v) is 9.46. The van der Waals surface area contributed by atoms with Crippen molar-refractivity contribution >= 4 is 17.4 Å². The molecule has 0 radical (unpaired) electrons. The average molecular weight is 224 g/mol. The first kappa shape index (κ1) is 9.40. The van der Waals surface area contributed by atoms with Crippen molar-refractivity contribution in [1.29, 1.82) is 0 Å². The topological polar surface area (TPSA) is 37.8 Å². The summed E-state index contributed by atoms with van der Waals surface area (Å²) in [5.41, 5.74) is 0.958. The summed E-state index contributed by atoms with van der Waals surface area (Å²) in [5.74, 6) is 2.88. The lowest BCUT2D eigenvalue weighted by Crippen LogP contribution is -2.18. The second-order valence-corrected chi connectivity index (χ2v) is 5.06. The molecule has 1 aromatic rings. The highest BCUT2D eigenvalue weighted by Gasteiger charge is 2.45. The molecule has 4 heteroatoms. The van der Waals surface area contributed by atoms with Crippen LogP contribution in [0.3, 0.4) is 0 Å². The molecule has 0 spiro atoms. The number of fused-ring (bicyclic) bond motifs is 1. The molecule has 0 amide bonds. The quantitative estimate of drug-likeness (QED) is 0.784. The molecule has 2 aliphatic carbocycles. The summed E-state index contributed by atoms with van der Waals surface area (Å²) in [6.07, 6.45) is 5.56. The van der Waals surface area contributed by atoms with Crippen LogP contribution in [0.2, 0.25) is 5.15 Å². The van der Waals surface area contributed by atoms with Crippen molar-refractivity contribution in [2.24, 2.45) is 11.8 Å². The zero-order valence-electron chi connectivity index (χ0n) is 8.70. The Balaban J connectivity index is 1.73. The van der Waals surface area contributed by atoms with E-state index in [2.05, 4.69) is 15.3 Å². The van der Waals surface area contributed by atoms with Gasteiger partial charge in [-0.05, 0) is 38.0 Å². The third-order valence-corrected chi connectivity index (χ3v) is 3.99. The van der Waals surface area contributed by atoms with Crippen molar-refractivity contribution in [3.63, 3.8) is 0 Å². The molecule has 0 aliphatic heterocycles. The average Bonchev–Trinajstić information content (AvgIpc) is 2.82. The minimum absolute atomic E-state index is 0.552. The maximum atomic E-state index is 5.95. The molecule has 2 saturated carbocycles. The number of rotatable bonds is 2. The van der Waals surface area contributed by atoms with Gasteiger partial charge in [-0.15, -0.1) is 0 Å². The lowest BCUT2D eigenvalue weighted by molar-refractivity contribution is 0.648. The SMILES string of the molecule is Cc1c(Cl)ncnc1NC1CC2CC2C1. The fourth-order valence-electron chi connectivity index (χ4n) is 2.60. The van der Waals surface area contributed by atoms with E-state index in [0.717, 1.165) is 23.2 Å². The zero-order chi connectivity index (χ0) is 10.4. The highest BCUT2D eigenvalue weighted by atomic mass is 35.5. The molecule has 2 aliphatic rings. The van der Waals surface area contributed by atoms with Crippen molar-refractivity contribution in [3.8, 4) is 0 Å². The Hall–Kier alpha value is -0.830. The maximum absolute atomic E-state index is 5.95. The Kier molecular flexibility index (Phi) is 2.09. The van der Waals surface area contributed by atoms with Crippen molar-refractivity contribution < 1.29 is 0 Å².